The number of unbranched alkanes of at least 4 members (excludes halogenated alkanes) is 12. The molecule has 0 aliphatic rings. The first kappa shape index (κ1) is 32.5. The molecule has 4 nitrogen and oxygen atoms in total. The Morgan fingerprint density at radius 3 is 1.29 bits per heavy atom. The van der Waals surface area contributed by atoms with E-state index >= 15 is 0 Å². The number of rotatable bonds is 19. The summed E-state index contributed by atoms with van der Waals surface area (Å²) >= 11 is 5.38. The van der Waals surface area contributed by atoms with Gasteiger partial charge in [0.25, 0.3) is 0 Å². The highest BCUT2D eigenvalue weighted by atomic mass is 35.5. The van der Waals surface area contributed by atoms with Crippen molar-refractivity contribution >= 4 is 23.5 Å². The average Bonchev–Trinajstić information content (AvgIpc) is 2.86. The van der Waals surface area contributed by atoms with Gasteiger partial charge in [0, 0.05) is 5.88 Å². The van der Waals surface area contributed by atoms with Crippen molar-refractivity contribution in [1.29, 1.82) is 0 Å². The van der Waals surface area contributed by atoms with Crippen molar-refractivity contribution in [3.63, 3.8) is 0 Å². The number of ether oxygens (including phenoxy) is 2. The average molecular weight is 497 g/mol. The summed E-state index contributed by atoms with van der Waals surface area (Å²) in [6.07, 6.45) is 17.4. The second-order valence-electron chi connectivity index (χ2n) is 8.75. The third-order valence-corrected chi connectivity index (χ3v) is 5.83. The normalized spacial score (nSPS) is 10.4. The van der Waals surface area contributed by atoms with E-state index in [0.29, 0.717) is 24.3 Å². The molecule has 0 saturated heterocycles. The van der Waals surface area contributed by atoms with Crippen molar-refractivity contribution in [2.45, 2.75) is 117 Å². The van der Waals surface area contributed by atoms with Crippen molar-refractivity contribution in [2.75, 3.05) is 19.1 Å². The van der Waals surface area contributed by atoms with Crippen LogP contribution in [0.15, 0.2) is 24.3 Å². The van der Waals surface area contributed by atoms with E-state index in [1.165, 1.54) is 70.6 Å². The lowest BCUT2D eigenvalue weighted by Crippen LogP contribution is -2.15. The molecule has 0 bridgehead atoms. The molecule has 0 aliphatic heterocycles. The SMILES string of the molecule is CCCCCCCCOC(=O)c1ccccc1C(=O)OCCCCCCCC.CCCCCCl. The third-order valence-electron chi connectivity index (χ3n) is 5.57. The van der Waals surface area contributed by atoms with Crippen molar-refractivity contribution < 1.29 is 19.1 Å². The minimum absolute atomic E-state index is 0.293. The summed E-state index contributed by atoms with van der Waals surface area (Å²) in [5.41, 5.74) is 0.586. The van der Waals surface area contributed by atoms with E-state index in [0.717, 1.165) is 31.6 Å². The minimum Gasteiger partial charge on any atom is -0.462 e. The molecule has 0 amide bonds. The molecule has 34 heavy (non-hydrogen) atoms. The fourth-order valence-electron chi connectivity index (χ4n) is 3.43. The topological polar surface area (TPSA) is 52.6 Å². The molecular weight excluding hydrogens is 448 g/mol. The van der Waals surface area contributed by atoms with Crippen LogP contribution in [0.3, 0.4) is 0 Å². The monoisotopic (exact) mass is 496 g/mol. The number of hydrogen-bond donors (Lipinski definition) is 0. The van der Waals surface area contributed by atoms with E-state index in [-0.39, 0.29) is 0 Å². The van der Waals surface area contributed by atoms with Gasteiger partial charge in [0.1, 0.15) is 0 Å². The Morgan fingerprint density at radius 1 is 0.588 bits per heavy atom. The van der Waals surface area contributed by atoms with Crippen molar-refractivity contribution in [3.8, 4) is 0 Å². The molecule has 0 aromatic heterocycles. The molecule has 1 aromatic rings. The van der Waals surface area contributed by atoms with E-state index in [2.05, 4.69) is 20.8 Å². The van der Waals surface area contributed by atoms with Crippen molar-refractivity contribution in [1.82, 2.24) is 0 Å². The first-order valence-electron chi connectivity index (χ1n) is 13.6. The number of halogens is 1. The van der Waals surface area contributed by atoms with E-state index in [9.17, 15) is 9.59 Å². The van der Waals surface area contributed by atoms with Gasteiger partial charge in [-0.1, -0.05) is 110 Å². The first-order valence-corrected chi connectivity index (χ1v) is 14.1. The summed E-state index contributed by atoms with van der Waals surface area (Å²) in [5, 5.41) is 0. The zero-order chi connectivity index (χ0) is 25.3. The molecule has 0 spiro atoms. The summed E-state index contributed by atoms with van der Waals surface area (Å²) in [6.45, 7) is 7.35. The number of alkyl halides is 1. The lowest BCUT2D eigenvalue weighted by molar-refractivity contribution is 0.0450. The van der Waals surface area contributed by atoms with Crippen LogP contribution in [0.2, 0.25) is 0 Å². The Morgan fingerprint density at radius 2 is 0.941 bits per heavy atom. The number of benzene rings is 1. The van der Waals surface area contributed by atoms with Gasteiger partial charge in [-0.05, 0) is 31.4 Å². The summed E-state index contributed by atoms with van der Waals surface area (Å²) in [4.78, 5) is 24.7. The van der Waals surface area contributed by atoms with E-state index in [4.69, 9.17) is 21.1 Å². The maximum atomic E-state index is 12.4. The number of hydrogen-bond acceptors (Lipinski definition) is 4. The van der Waals surface area contributed by atoms with Crippen LogP contribution in [0.5, 0.6) is 0 Å². The van der Waals surface area contributed by atoms with Gasteiger partial charge in [-0.2, -0.15) is 0 Å². The lowest BCUT2D eigenvalue weighted by Gasteiger charge is -2.10. The van der Waals surface area contributed by atoms with Gasteiger partial charge in [-0.15, -0.1) is 11.6 Å². The van der Waals surface area contributed by atoms with Crippen LogP contribution in [0.1, 0.15) is 138 Å². The van der Waals surface area contributed by atoms with E-state index in [1.54, 1.807) is 24.3 Å². The molecule has 0 aliphatic carbocycles. The molecule has 0 N–H and O–H groups in total. The van der Waals surface area contributed by atoms with Gasteiger partial charge in [0.2, 0.25) is 0 Å². The van der Waals surface area contributed by atoms with Gasteiger partial charge in [-0.3, -0.25) is 0 Å². The van der Waals surface area contributed by atoms with Crippen LogP contribution < -0.4 is 0 Å². The summed E-state index contributed by atoms with van der Waals surface area (Å²) in [6, 6.07) is 6.74. The molecule has 1 rings (SSSR count). The van der Waals surface area contributed by atoms with Crippen LogP contribution in [0, 0.1) is 0 Å². The molecule has 5 heteroatoms. The predicted octanol–water partition coefficient (Wildman–Crippen LogP) is 9.14. The summed E-state index contributed by atoms with van der Waals surface area (Å²) < 4.78 is 10.7. The Bertz CT molecular complexity index is 565. The second-order valence-corrected chi connectivity index (χ2v) is 9.13. The van der Waals surface area contributed by atoms with Crippen molar-refractivity contribution in [2.24, 2.45) is 0 Å². The molecule has 0 atom stereocenters. The number of carbonyl (C=O) groups excluding carboxylic acids is 2. The Labute approximate surface area is 214 Å². The van der Waals surface area contributed by atoms with Gasteiger partial charge >= 0.3 is 11.9 Å². The molecule has 196 valence electrons. The zero-order valence-electron chi connectivity index (χ0n) is 22.0. The Balaban J connectivity index is 0.00000160. The molecule has 0 unspecified atom stereocenters. The Hall–Kier alpha value is -1.55. The van der Waals surface area contributed by atoms with E-state index in [1.807, 2.05) is 0 Å². The smallest absolute Gasteiger partial charge is 0.339 e. The van der Waals surface area contributed by atoms with E-state index < -0.39 is 11.9 Å². The molecular formula is C29H49ClO4. The van der Waals surface area contributed by atoms with Crippen molar-refractivity contribution in [3.05, 3.63) is 35.4 Å². The maximum absolute atomic E-state index is 12.4. The predicted molar refractivity (Wildman–Crippen MR) is 144 cm³/mol. The standard InChI is InChI=1S/C24H38O4.C5H11Cl/c1-3-5-7-9-11-15-19-27-23(25)21-17-13-14-18-22(21)24(26)28-20-16-12-10-8-6-4-2;1-2-3-4-5-6/h13-14,17-18H,3-12,15-16,19-20H2,1-2H3;2-5H2,1H3. The molecule has 0 saturated carbocycles. The molecule has 0 heterocycles. The molecule has 0 radical (unpaired) electrons. The van der Waals surface area contributed by atoms with Gasteiger partial charge in [-0.25, -0.2) is 9.59 Å². The van der Waals surface area contributed by atoms with Crippen LogP contribution in [-0.4, -0.2) is 31.0 Å². The maximum Gasteiger partial charge on any atom is 0.339 e. The molecule has 0 fully saturated rings. The lowest BCUT2D eigenvalue weighted by atomic mass is 10.1. The highest BCUT2D eigenvalue weighted by Crippen LogP contribution is 2.14. The van der Waals surface area contributed by atoms with Gasteiger partial charge < -0.3 is 9.47 Å². The van der Waals surface area contributed by atoms with Gasteiger partial charge in [0.05, 0.1) is 24.3 Å². The van der Waals surface area contributed by atoms with Crippen LogP contribution in [0.25, 0.3) is 0 Å². The highest BCUT2D eigenvalue weighted by Gasteiger charge is 2.18. The minimum atomic E-state index is -0.444. The number of esters is 2. The quantitative estimate of drug-likeness (QED) is 0.109. The fourth-order valence-corrected chi connectivity index (χ4v) is 3.62. The zero-order valence-corrected chi connectivity index (χ0v) is 22.8. The first-order chi connectivity index (χ1) is 16.6. The van der Waals surface area contributed by atoms with Crippen LogP contribution in [0.4, 0.5) is 0 Å². The van der Waals surface area contributed by atoms with Crippen LogP contribution in [-0.2, 0) is 9.47 Å². The number of carbonyl (C=O) groups is 2. The third kappa shape index (κ3) is 17.9. The highest BCUT2D eigenvalue weighted by molar-refractivity contribution is 6.17. The summed E-state index contributed by atoms with van der Waals surface area (Å²) in [7, 11) is 0. The van der Waals surface area contributed by atoms with Crippen LogP contribution >= 0.6 is 11.6 Å². The second kappa shape index (κ2) is 24.6. The Kier molecular flexibility index (Phi) is 23.5. The summed E-state index contributed by atoms with van der Waals surface area (Å²) in [5.74, 6) is -0.0604. The van der Waals surface area contributed by atoms with Gasteiger partial charge in [0.15, 0.2) is 0 Å². The fraction of sp³-hybridized carbons (Fsp3) is 0.724. The molecule has 1 aromatic carbocycles. The largest absolute Gasteiger partial charge is 0.462 e.